The van der Waals surface area contributed by atoms with E-state index in [-0.39, 0.29) is 10.8 Å². The Morgan fingerprint density at radius 3 is 2.58 bits per heavy atom. The van der Waals surface area contributed by atoms with Gasteiger partial charge in [-0.1, -0.05) is 42.7 Å². The number of fused-ring (bicyclic) bond motifs is 1. The van der Waals surface area contributed by atoms with Crippen LogP contribution in [0.3, 0.4) is 0 Å². The number of hydrogen-bond donors (Lipinski definition) is 0. The molecule has 0 saturated carbocycles. The summed E-state index contributed by atoms with van der Waals surface area (Å²) in [5.41, 5.74) is 2.03. The quantitative estimate of drug-likeness (QED) is 0.364. The molecule has 0 aliphatic carbocycles. The van der Waals surface area contributed by atoms with Gasteiger partial charge in [-0.25, -0.2) is 8.42 Å². The predicted molar refractivity (Wildman–Crippen MR) is 126 cm³/mol. The van der Waals surface area contributed by atoms with Gasteiger partial charge in [-0.05, 0) is 55.5 Å². The molecule has 9 heteroatoms. The van der Waals surface area contributed by atoms with Crippen LogP contribution in [0.1, 0.15) is 25.8 Å². The third-order valence-corrected chi connectivity index (χ3v) is 8.15. The fourth-order valence-corrected chi connectivity index (χ4v) is 6.47. The molecule has 0 amide bonds. The monoisotopic (exact) mass is 485 g/mol. The summed E-state index contributed by atoms with van der Waals surface area (Å²) in [4.78, 5) is 4.71. The number of aromatic nitrogens is 2. The number of halogens is 1. The van der Waals surface area contributed by atoms with Crippen molar-refractivity contribution in [3.8, 4) is 23.0 Å². The van der Waals surface area contributed by atoms with Crippen molar-refractivity contribution in [1.82, 2.24) is 14.4 Å². The van der Waals surface area contributed by atoms with Gasteiger partial charge in [0.25, 0.3) is 5.89 Å². The molecule has 172 valence electrons. The van der Waals surface area contributed by atoms with E-state index in [1.165, 1.54) is 0 Å². The highest BCUT2D eigenvalue weighted by Gasteiger charge is 2.32. The molecule has 0 spiro atoms. The lowest BCUT2D eigenvalue weighted by Gasteiger charge is -2.34. The zero-order valence-corrected chi connectivity index (χ0v) is 20.2. The maximum Gasteiger partial charge on any atom is 0.294 e. The number of furan rings is 1. The van der Waals surface area contributed by atoms with Crippen LogP contribution < -0.4 is 0 Å². The molecule has 1 fully saturated rings. The van der Waals surface area contributed by atoms with E-state index in [2.05, 4.69) is 24.0 Å². The van der Waals surface area contributed by atoms with E-state index in [1.807, 2.05) is 19.1 Å². The number of nitrogens with zero attached hydrogens (tertiary/aromatic N) is 3. The third kappa shape index (κ3) is 4.07. The average molecular weight is 486 g/mol. The lowest BCUT2D eigenvalue weighted by molar-refractivity contribution is 0.222. The number of benzene rings is 2. The molecular formula is C24H24ClN3O4S. The molecule has 0 radical (unpaired) electrons. The SMILES string of the molecule is Cc1c(-c2nc(-c3cccc(Cl)c3)no2)oc2ccc(S(=O)(=O)N3C[C@H](C)C[C@H](C)C3)cc12. The maximum atomic E-state index is 13.3. The average Bonchev–Trinajstić information content (AvgIpc) is 3.38. The van der Waals surface area contributed by atoms with Crippen molar-refractivity contribution in [1.29, 1.82) is 0 Å². The first kappa shape index (κ1) is 22.1. The number of rotatable bonds is 4. The van der Waals surface area contributed by atoms with Gasteiger partial charge in [0.1, 0.15) is 5.58 Å². The van der Waals surface area contributed by atoms with Gasteiger partial charge in [-0.3, -0.25) is 0 Å². The van der Waals surface area contributed by atoms with E-state index < -0.39 is 10.0 Å². The number of sulfonamides is 1. The Hall–Kier alpha value is -2.68. The summed E-state index contributed by atoms with van der Waals surface area (Å²) in [7, 11) is -3.60. The highest BCUT2D eigenvalue weighted by Crippen LogP contribution is 2.35. The summed E-state index contributed by atoms with van der Waals surface area (Å²) in [6.07, 6.45) is 1.04. The van der Waals surface area contributed by atoms with Crippen LogP contribution in [0.15, 0.2) is 56.3 Å². The van der Waals surface area contributed by atoms with Gasteiger partial charge in [0.2, 0.25) is 15.8 Å². The smallest absolute Gasteiger partial charge is 0.294 e. The summed E-state index contributed by atoms with van der Waals surface area (Å²) in [6.45, 7) is 7.11. The highest BCUT2D eigenvalue weighted by atomic mass is 35.5. The zero-order valence-electron chi connectivity index (χ0n) is 18.6. The highest BCUT2D eigenvalue weighted by molar-refractivity contribution is 7.89. The first-order chi connectivity index (χ1) is 15.7. The van der Waals surface area contributed by atoms with Gasteiger partial charge in [0.05, 0.1) is 4.90 Å². The van der Waals surface area contributed by atoms with Crippen LogP contribution in [-0.4, -0.2) is 36.0 Å². The van der Waals surface area contributed by atoms with E-state index in [0.29, 0.717) is 52.5 Å². The van der Waals surface area contributed by atoms with Crippen LogP contribution in [-0.2, 0) is 10.0 Å². The Labute approximate surface area is 197 Å². The fraction of sp³-hybridized carbons (Fsp3) is 0.333. The Morgan fingerprint density at radius 1 is 1.09 bits per heavy atom. The van der Waals surface area contributed by atoms with Crippen molar-refractivity contribution in [3.63, 3.8) is 0 Å². The summed E-state index contributed by atoms with van der Waals surface area (Å²) in [6, 6.07) is 12.1. The molecule has 1 aliphatic heterocycles. The summed E-state index contributed by atoms with van der Waals surface area (Å²) in [5.74, 6) is 1.70. The molecule has 0 unspecified atom stereocenters. The van der Waals surface area contributed by atoms with Crippen molar-refractivity contribution in [2.24, 2.45) is 11.8 Å². The van der Waals surface area contributed by atoms with Crippen molar-refractivity contribution < 1.29 is 17.4 Å². The first-order valence-electron chi connectivity index (χ1n) is 10.9. The number of hydrogen-bond acceptors (Lipinski definition) is 6. The van der Waals surface area contributed by atoms with Crippen LogP contribution in [0.2, 0.25) is 5.02 Å². The minimum atomic E-state index is -3.60. The molecule has 1 aliphatic rings. The van der Waals surface area contributed by atoms with E-state index in [9.17, 15) is 8.42 Å². The standard InChI is InChI=1S/C24H24ClN3O4S/c1-14-9-15(2)13-28(12-14)33(29,30)19-7-8-21-20(11-19)16(3)22(31-21)24-26-23(27-32-24)17-5-4-6-18(25)10-17/h4-8,10-11,14-15H,9,12-13H2,1-3H3/t14-,15+. The largest absolute Gasteiger partial charge is 0.451 e. The van der Waals surface area contributed by atoms with Gasteiger partial charge < -0.3 is 8.94 Å². The van der Waals surface area contributed by atoms with Crippen LogP contribution in [0, 0.1) is 18.8 Å². The van der Waals surface area contributed by atoms with E-state index >= 15 is 0 Å². The minimum absolute atomic E-state index is 0.224. The molecule has 0 N–H and O–H groups in total. The summed E-state index contributed by atoms with van der Waals surface area (Å²) in [5, 5.41) is 5.31. The predicted octanol–water partition coefficient (Wildman–Crippen LogP) is 5.78. The fourth-order valence-electron chi connectivity index (χ4n) is 4.58. The summed E-state index contributed by atoms with van der Waals surface area (Å²) < 4.78 is 39.7. The second kappa shape index (κ2) is 8.27. The van der Waals surface area contributed by atoms with Gasteiger partial charge in [-0.15, -0.1) is 0 Å². The molecule has 2 aromatic heterocycles. The topological polar surface area (TPSA) is 89.4 Å². The van der Waals surface area contributed by atoms with Gasteiger partial charge in [-0.2, -0.15) is 9.29 Å². The Bertz CT molecular complexity index is 1430. The second-order valence-electron chi connectivity index (χ2n) is 8.92. The van der Waals surface area contributed by atoms with E-state index in [0.717, 1.165) is 17.5 Å². The normalized spacial score (nSPS) is 19.9. The Kier molecular flexibility index (Phi) is 5.55. The lowest BCUT2D eigenvalue weighted by Crippen LogP contribution is -2.42. The molecule has 2 atom stereocenters. The third-order valence-electron chi connectivity index (χ3n) is 6.08. The molecule has 0 bridgehead atoms. The summed E-state index contributed by atoms with van der Waals surface area (Å²) >= 11 is 6.06. The molecule has 5 rings (SSSR count). The Morgan fingerprint density at radius 2 is 1.85 bits per heavy atom. The molecule has 2 aromatic carbocycles. The van der Waals surface area contributed by atoms with Gasteiger partial charge in [0.15, 0.2) is 5.76 Å². The lowest BCUT2D eigenvalue weighted by atomic mass is 9.94. The molecule has 1 saturated heterocycles. The van der Waals surface area contributed by atoms with E-state index in [1.54, 1.807) is 34.6 Å². The number of aryl methyl sites for hydroxylation is 1. The van der Waals surface area contributed by atoms with Crippen molar-refractivity contribution in [2.45, 2.75) is 32.1 Å². The first-order valence-corrected chi connectivity index (χ1v) is 12.7. The van der Waals surface area contributed by atoms with E-state index in [4.69, 9.17) is 20.5 Å². The van der Waals surface area contributed by atoms with Crippen LogP contribution >= 0.6 is 11.6 Å². The molecule has 33 heavy (non-hydrogen) atoms. The second-order valence-corrected chi connectivity index (χ2v) is 11.3. The van der Waals surface area contributed by atoms with Crippen molar-refractivity contribution in [2.75, 3.05) is 13.1 Å². The van der Waals surface area contributed by atoms with Gasteiger partial charge in [0, 0.05) is 34.6 Å². The van der Waals surface area contributed by atoms with Crippen LogP contribution in [0.25, 0.3) is 34.0 Å². The van der Waals surface area contributed by atoms with Crippen molar-refractivity contribution >= 4 is 32.6 Å². The molecule has 4 aromatic rings. The molecular weight excluding hydrogens is 462 g/mol. The van der Waals surface area contributed by atoms with Crippen molar-refractivity contribution in [3.05, 3.63) is 53.1 Å². The minimum Gasteiger partial charge on any atom is -0.451 e. The number of piperidine rings is 1. The molecule has 3 heterocycles. The van der Waals surface area contributed by atoms with Gasteiger partial charge >= 0.3 is 0 Å². The maximum absolute atomic E-state index is 13.3. The van der Waals surface area contributed by atoms with Crippen LogP contribution in [0.4, 0.5) is 0 Å². The van der Waals surface area contributed by atoms with Crippen LogP contribution in [0.5, 0.6) is 0 Å². The zero-order chi connectivity index (χ0) is 23.3. The molecule has 7 nitrogen and oxygen atoms in total. The Balaban J connectivity index is 1.51.